The first-order valence-electron chi connectivity index (χ1n) is 12.5. The third-order valence-electron chi connectivity index (χ3n) is 7.09. The van der Waals surface area contributed by atoms with E-state index in [2.05, 4.69) is 34.2 Å². The molecular weight excluding hydrogens is 472 g/mol. The van der Waals surface area contributed by atoms with E-state index < -0.39 is 0 Å². The van der Waals surface area contributed by atoms with Crippen LogP contribution in [0.3, 0.4) is 0 Å². The summed E-state index contributed by atoms with van der Waals surface area (Å²) in [6, 6.07) is 30.0. The van der Waals surface area contributed by atoms with Crippen molar-refractivity contribution in [3.8, 4) is 33.8 Å². The molecule has 0 saturated carbocycles. The minimum Gasteiger partial charge on any atom is -0.487 e. The quantitative estimate of drug-likeness (QED) is 0.223. The highest BCUT2D eigenvalue weighted by atomic mass is 16.5. The molecule has 4 aromatic carbocycles. The summed E-state index contributed by atoms with van der Waals surface area (Å²) >= 11 is 0. The highest BCUT2D eigenvalue weighted by Crippen LogP contribution is 2.47. The molecule has 6 aromatic rings. The maximum Gasteiger partial charge on any atom is 0.153 e. The van der Waals surface area contributed by atoms with Crippen molar-refractivity contribution in [1.29, 1.82) is 0 Å². The number of hydrogen-bond acceptors (Lipinski definition) is 5. The number of aromatic nitrogens is 2. The number of ether oxygens (including phenoxy) is 2. The van der Waals surface area contributed by atoms with Gasteiger partial charge in [-0.3, -0.25) is 14.8 Å². The molecule has 0 atom stereocenters. The number of hydrogen-bond donors (Lipinski definition) is 0. The SMILES string of the molecule is O=Cc1cc2ccccc2c2c1OCc1ncccc1-c1cccnc1COc1ccc3ccccc3c1-2. The monoisotopic (exact) mass is 494 g/mol. The maximum absolute atomic E-state index is 12.4. The molecule has 182 valence electrons. The van der Waals surface area contributed by atoms with Crippen LogP contribution in [0.4, 0.5) is 0 Å². The second-order valence-electron chi connectivity index (χ2n) is 9.24. The fraction of sp³-hybridized carbons (Fsp3) is 0.0606. The Hall–Kier alpha value is -5.03. The smallest absolute Gasteiger partial charge is 0.153 e. The molecule has 1 aliphatic rings. The van der Waals surface area contributed by atoms with Gasteiger partial charge in [-0.1, -0.05) is 66.7 Å². The Morgan fingerprint density at radius 2 is 1.26 bits per heavy atom. The van der Waals surface area contributed by atoms with Gasteiger partial charge in [0, 0.05) is 34.6 Å². The zero-order chi connectivity index (χ0) is 25.5. The number of benzene rings is 4. The third-order valence-corrected chi connectivity index (χ3v) is 7.09. The number of carbonyl (C=O) groups is 1. The lowest BCUT2D eigenvalue weighted by atomic mass is 9.90. The zero-order valence-corrected chi connectivity index (χ0v) is 20.4. The minimum atomic E-state index is 0.192. The van der Waals surface area contributed by atoms with E-state index in [9.17, 15) is 4.79 Å². The molecule has 2 aromatic heterocycles. The van der Waals surface area contributed by atoms with Crippen molar-refractivity contribution in [3.05, 3.63) is 120 Å². The van der Waals surface area contributed by atoms with Crippen LogP contribution in [0.1, 0.15) is 21.7 Å². The Morgan fingerprint density at radius 1 is 0.632 bits per heavy atom. The number of pyridine rings is 2. The fourth-order valence-electron chi connectivity index (χ4n) is 5.35. The van der Waals surface area contributed by atoms with Crippen molar-refractivity contribution in [2.45, 2.75) is 13.2 Å². The number of fused-ring (bicyclic) bond motifs is 10. The Kier molecular flexibility index (Phi) is 5.33. The van der Waals surface area contributed by atoms with Gasteiger partial charge in [-0.05, 0) is 45.8 Å². The average molecular weight is 495 g/mol. The van der Waals surface area contributed by atoms with Gasteiger partial charge in [-0.25, -0.2) is 0 Å². The van der Waals surface area contributed by atoms with Crippen LogP contribution in [-0.4, -0.2) is 16.3 Å². The summed E-state index contributed by atoms with van der Waals surface area (Å²) < 4.78 is 13.1. The largest absolute Gasteiger partial charge is 0.487 e. The Balaban J connectivity index is 1.59. The number of rotatable bonds is 1. The number of aldehydes is 1. The van der Waals surface area contributed by atoms with Crippen molar-refractivity contribution in [3.63, 3.8) is 0 Å². The van der Waals surface area contributed by atoms with E-state index in [1.807, 2.05) is 66.7 Å². The van der Waals surface area contributed by atoms with Gasteiger partial charge in [0.15, 0.2) is 6.29 Å². The summed E-state index contributed by atoms with van der Waals surface area (Å²) in [4.78, 5) is 21.8. The minimum absolute atomic E-state index is 0.192. The van der Waals surface area contributed by atoms with Crippen molar-refractivity contribution < 1.29 is 14.3 Å². The lowest BCUT2D eigenvalue weighted by molar-refractivity contribution is 0.111. The normalized spacial score (nSPS) is 12.5. The lowest BCUT2D eigenvalue weighted by Crippen LogP contribution is -2.08. The van der Waals surface area contributed by atoms with Crippen LogP contribution in [0.25, 0.3) is 43.8 Å². The predicted molar refractivity (Wildman–Crippen MR) is 148 cm³/mol. The highest BCUT2D eigenvalue weighted by molar-refractivity contribution is 6.12. The molecule has 0 amide bonds. The summed E-state index contributed by atoms with van der Waals surface area (Å²) in [7, 11) is 0. The van der Waals surface area contributed by atoms with Crippen LogP contribution in [0.5, 0.6) is 11.5 Å². The summed E-state index contributed by atoms with van der Waals surface area (Å²) in [6.07, 6.45) is 4.40. The molecule has 5 nitrogen and oxygen atoms in total. The van der Waals surface area contributed by atoms with Gasteiger partial charge in [0.05, 0.1) is 17.0 Å². The molecule has 0 spiro atoms. The van der Waals surface area contributed by atoms with Gasteiger partial charge in [-0.15, -0.1) is 0 Å². The Morgan fingerprint density at radius 3 is 1.97 bits per heavy atom. The molecule has 3 heterocycles. The van der Waals surface area contributed by atoms with E-state index >= 15 is 0 Å². The third kappa shape index (κ3) is 3.59. The van der Waals surface area contributed by atoms with Crippen molar-refractivity contribution in [1.82, 2.24) is 9.97 Å². The molecule has 38 heavy (non-hydrogen) atoms. The summed E-state index contributed by atoms with van der Waals surface area (Å²) in [5, 5.41) is 4.01. The first-order chi connectivity index (χ1) is 18.8. The van der Waals surface area contributed by atoms with E-state index in [0.717, 1.165) is 61.5 Å². The van der Waals surface area contributed by atoms with Crippen molar-refractivity contribution in [2.75, 3.05) is 0 Å². The molecule has 0 N–H and O–H groups in total. The standard InChI is InChI=1S/C33H22N2O3/c36-18-23-17-22-8-2-4-10-25(22)32-31-24-9-3-1-7-21(24)13-14-30(31)37-19-28-26(11-5-15-34-28)27-12-6-16-35-29(27)20-38-33(23)32/h1-18H,19-20H2. The van der Waals surface area contributed by atoms with Crippen molar-refractivity contribution in [2.24, 2.45) is 0 Å². The molecule has 7 rings (SSSR count). The van der Waals surface area contributed by atoms with Gasteiger partial charge in [0.1, 0.15) is 24.7 Å². The van der Waals surface area contributed by atoms with Crippen LogP contribution < -0.4 is 9.47 Å². The van der Waals surface area contributed by atoms with Gasteiger partial charge < -0.3 is 9.47 Å². The maximum atomic E-state index is 12.4. The van der Waals surface area contributed by atoms with Crippen LogP contribution in [0.2, 0.25) is 0 Å². The first-order valence-corrected chi connectivity index (χ1v) is 12.5. The van der Waals surface area contributed by atoms with Gasteiger partial charge in [-0.2, -0.15) is 0 Å². The second kappa shape index (κ2) is 9.12. The number of nitrogens with zero attached hydrogens (tertiary/aromatic N) is 2. The molecule has 0 unspecified atom stereocenters. The molecule has 0 fully saturated rings. The predicted octanol–water partition coefficient (Wildman–Crippen LogP) is 7.40. The topological polar surface area (TPSA) is 61.3 Å². The van der Waals surface area contributed by atoms with E-state index in [0.29, 0.717) is 17.1 Å². The van der Waals surface area contributed by atoms with Gasteiger partial charge >= 0.3 is 0 Å². The molecule has 0 aliphatic carbocycles. The van der Waals surface area contributed by atoms with E-state index in [4.69, 9.17) is 9.47 Å². The Labute approximate surface area is 219 Å². The molecule has 0 bridgehead atoms. The first kappa shape index (κ1) is 22.2. The average Bonchev–Trinajstić information content (AvgIpc) is 2.98. The number of carbonyl (C=O) groups excluding carboxylic acids is 1. The van der Waals surface area contributed by atoms with Gasteiger partial charge in [0.2, 0.25) is 0 Å². The van der Waals surface area contributed by atoms with Crippen LogP contribution in [0.15, 0.2) is 103 Å². The van der Waals surface area contributed by atoms with Crippen LogP contribution in [-0.2, 0) is 13.2 Å². The highest BCUT2D eigenvalue weighted by Gasteiger charge is 2.24. The lowest BCUT2D eigenvalue weighted by Gasteiger charge is -2.22. The van der Waals surface area contributed by atoms with Crippen LogP contribution in [0, 0.1) is 0 Å². The van der Waals surface area contributed by atoms with E-state index in [1.165, 1.54) is 0 Å². The van der Waals surface area contributed by atoms with E-state index in [-0.39, 0.29) is 13.2 Å². The molecule has 0 radical (unpaired) electrons. The summed E-state index contributed by atoms with van der Waals surface area (Å²) in [6.45, 7) is 0.467. The van der Waals surface area contributed by atoms with E-state index in [1.54, 1.807) is 12.4 Å². The Bertz CT molecular complexity index is 1860. The van der Waals surface area contributed by atoms with Crippen molar-refractivity contribution >= 4 is 27.8 Å². The zero-order valence-electron chi connectivity index (χ0n) is 20.4. The molecule has 5 heteroatoms. The summed E-state index contributed by atoms with van der Waals surface area (Å²) in [5.41, 5.74) is 5.64. The second-order valence-corrected chi connectivity index (χ2v) is 9.24. The molecule has 0 saturated heterocycles. The molecular formula is C33H22N2O3. The van der Waals surface area contributed by atoms with Crippen LogP contribution >= 0.6 is 0 Å². The fourth-order valence-corrected chi connectivity index (χ4v) is 5.35. The van der Waals surface area contributed by atoms with Gasteiger partial charge in [0.25, 0.3) is 0 Å². The molecule has 1 aliphatic heterocycles. The summed E-state index contributed by atoms with van der Waals surface area (Å²) in [5.74, 6) is 1.22.